The molecule has 0 saturated heterocycles. The van der Waals surface area contributed by atoms with Crippen molar-refractivity contribution in [2.75, 3.05) is 0 Å². The summed E-state index contributed by atoms with van der Waals surface area (Å²) >= 11 is 15.2. The molecular formula is C12H9BrCl2N2O. The minimum atomic E-state index is 0.310. The van der Waals surface area contributed by atoms with Gasteiger partial charge in [0.2, 0.25) is 5.88 Å². The summed E-state index contributed by atoms with van der Waals surface area (Å²) in [4.78, 5) is 7.85. The van der Waals surface area contributed by atoms with Crippen molar-refractivity contribution in [2.24, 2.45) is 0 Å². The maximum Gasteiger partial charge on any atom is 0.238 e. The van der Waals surface area contributed by atoms with Gasteiger partial charge >= 0.3 is 0 Å². The Morgan fingerprint density at radius 3 is 2.78 bits per heavy atom. The average molecular weight is 348 g/mol. The molecule has 2 rings (SSSR count). The lowest BCUT2D eigenvalue weighted by molar-refractivity contribution is 0.457. The second kappa shape index (κ2) is 5.87. The van der Waals surface area contributed by atoms with Crippen molar-refractivity contribution in [2.45, 2.75) is 13.3 Å². The maximum atomic E-state index is 6.04. The number of hydrogen-bond acceptors (Lipinski definition) is 3. The largest absolute Gasteiger partial charge is 0.438 e. The van der Waals surface area contributed by atoms with Crippen LogP contribution in [-0.2, 0) is 6.42 Å². The third-order valence-electron chi connectivity index (χ3n) is 2.33. The van der Waals surface area contributed by atoms with Crippen molar-refractivity contribution in [3.8, 4) is 11.6 Å². The fraction of sp³-hybridized carbons (Fsp3) is 0.167. The van der Waals surface area contributed by atoms with Crippen LogP contribution in [0, 0.1) is 0 Å². The van der Waals surface area contributed by atoms with Crippen molar-refractivity contribution in [3.63, 3.8) is 0 Å². The van der Waals surface area contributed by atoms with E-state index in [0.717, 1.165) is 17.0 Å². The van der Waals surface area contributed by atoms with Crippen molar-refractivity contribution < 1.29 is 4.74 Å². The monoisotopic (exact) mass is 346 g/mol. The first-order chi connectivity index (χ1) is 8.61. The Hall–Kier alpha value is -0.840. The lowest BCUT2D eigenvalue weighted by Gasteiger charge is -2.08. The second-order valence-electron chi connectivity index (χ2n) is 3.49. The zero-order valence-electron chi connectivity index (χ0n) is 9.45. The molecule has 0 N–H and O–H groups in total. The number of halogens is 3. The summed E-state index contributed by atoms with van der Waals surface area (Å²) < 4.78 is 6.17. The molecule has 0 radical (unpaired) electrons. The van der Waals surface area contributed by atoms with E-state index in [1.165, 1.54) is 6.33 Å². The van der Waals surface area contributed by atoms with E-state index in [9.17, 15) is 0 Å². The molecule has 0 aliphatic carbocycles. The molecule has 0 aliphatic heterocycles. The van der Waals surface area contributed by atoms with Gasteiger partial charge in [0.05, 0.1) is 0 Å². The molecule has 6 heteroatoms. The van der Waals surface area contributed by atoms with E-state index in [-0.39, 0.29) is 0 Å². The lowest BCUT2D eigenvalue weighted by atomic mass is 10.1. The minimum Gasteiger partial charge on any atom is -0.438 e. The molecule has 0 atom stereocenters. The van der Waals surface area contributed by atoms with Gasteiger partial charge in [0.25, 0.3) is 0 Å². The highest BCUT2D eigenvalue weighted by molar-refractivity contribution is 9.10. The van der Waals surface area contributed by atoms with Gasteiger partial charge in [0, 0.05) is 5.02 Å². The van der Waals surface area contributed by atoms with E-state index in [1.807, 2.05) is 13.0 Å². The number of aryl methyl sites for hydroxylation is 1. The Morgan fingerprint density at radius 1 is 1.28 bits per heavy atom. The topological polar surface area (TPSA) is 35.0 Å². The molecule has 1 aromatic carbocycles. The van der Waals surface area contributed by atoms with Crippen LogP contribution in [0.5, 0.6) is 11.6 Å². The van der Waals surface area contributed by atoms with Gasteiger partial charge in [-0.2, -0.15) is 0 Å². The first kappa shape index (κ1) is 13.6. The standard InChI is InChI=1S/C12H9BrCl2N2O/c1-2-7-5-8(3-4-9(7)14)18-12-10(13)11(15)16-6-17-12/h3-6H,2H2,1H3. The average Bonchev–Trinajstić information content (AvgIpc) is 2.37. The SMILES string of the molecule is CCc1cc(Oc2ncnc(Cl)c2Br)ccc1Cl. The van der Waals surface area contributed by atoms with Crippen LogP contribution in [0.1, 0.15) is 12.5 Å². The lowest BCUT2D eigenvalue weighted by Crippen LogP contribution is -1.92. The molecule has 2 aromatic rings. The van der Waals surface area contributed by atoms with Gasteiger partial charge in [-0.25, -0.2) is 9.97 Å². The summed E-state index contributed by atoms with van der Waals surface area (Å²) in [6.45, 7) is 2.03. The summed E-state index contributed by atoms with van der Waals surface area (Å²) in [7, 11) is 0. The highest BCUT2D eigenvalue weighted by Crippen LogP contribution is 2.32. The first-order valence-corrected chi connectivity index (χ1v) is 6.79. The van der Waals surface area contributed by atoms with Crippen LogP contribution in [0.15, 0.2) is 29.0 Å². The Balaban J connectivity index is 2.31. The number of benzene rings is 1. The van der Waals surface area contributed by atoms with Crippen molar-refractivity contribution in [1.29, 1.82) is 0 Å². The van der Waals surface area contributed by atoms with Crippen LogP contribution in [0.25, 0.3) is 0 Å². The predicted molar refractivity (Wildman–Crippen MR) is 75.6 cm³/mol. The molecule has 94 valence electrons. The quantitative estimate of drug-likeness (QED) is 0.740. The van der Waals surface area contributed by atoms with Crippen LogP contribution in [0.2, 0.25) is 10.2 Å². The highest BCUT2D eigenvalue weighted by Gasteiger charge is 2.10. The molecule has 1 heterocycles. The van der Waals surface area contributed by atoms with E-state index in [0.29, 0.717) is 21.3 Å². The molecule has 0 spiro atoms. The van der Waals surface area contributed by atoms with E-state index < -0.39 is 0 Å². The summed E-state index contributed by atoms with van der Waals surface area (Å²) in [5.74, 6) is 1.03. The van der Waals surface area contributed by atoms with Crippen LogP contribution in [0.3, 0.4) is 0 Å². The number of aromatic nitrogens is 2. The fourth-order valence-electron chi connectivity index (χ4n) is 1.40. The highest BCUT2D eigenvalue weighted by atomic mass is 79.9. The summed E-state index contributed by atoms with van der Waals surface area (Å²) in [5, 5.41) is 1.04. The van der Waals surface area contributed by atoms with Gasteiger partial charge in [0.1, 0.15) is 16.5 Å². The third kappa shape index (κ3) is 2.94. The molecule has 3 nitrogen and oxygen atoms in total. The van der Waals surface area contributed by atoms with Crippen molar-refractivity contribution in [3.05, 3.63) is 44.7 Å². The maximum absolute atomic E-state index is 6.04. The van der Waals surface area contributed by atoms with Crippen molar-refractivity contribution >= 4 is 39.1 Å². The Labute approximate surface area is 123 Å². The first-order valence-electron chi connectivity index (χ1n) is 5.24. The van der Waals surface area contributed by atoms with Crippen LogP contribution < -0.4 is 4.74 Å². The van der Waals surface area contributed by atoms with Crippen molar-refractivity contribution in [1.82, 2.24) is 9.97 Å². The molecule has 18 heavy (non-hydrogen) atoms. The Morgan fingerprint density at radius 2 is 2.06 bits per heavy atom. The van der Waals surface area contributed by atoms with E-state index >= 15 is 0 Å². The second-order valence-corrected chi connectivity index (χ2v) is 5.05. The van der Waals surface area contributed by atoms with Crippen LogP contribution >= 0.6 is 39.1 Å². The van der Waals surface area contributed by atoms with Crippen LogP contribution in [0.4, 0.5) is 0 Å². The molecule has 0 aliphatic rings. The predicted octanol–water partition coefficient (Wildman–Crippen LogP) is 4.90. The normalized spacial score (nSPS) is 10.4. The molecular weight excluding hydrogens is 339 g/mol. The molecule has 0 amide bonds. The summed E-state index contributed by atoms with van der Waals surface area (Å²) in [6, 6.07) is 5.46. The van der Waals surface area contributed by atoms with Crippen LogP contribution in [-0.4, -0.2) is 9.97 Å². The van der Waals surface area contributed by atoms with Gasteiger partial charge in [-0.1, -0.05) is 30.1 Å². The van der Waals surface area contributed by atoms with Gasteiger partial charge in [-0.3, -0.25) is 0 Å². The Bertz CT molecular complexity index is 578. The number of hydrogen-bond donors (Lipinski definition) is 0. The smallest absolute Gasteiger partial charge is 0.238 e. The summed E-state index contributed by atoms with van der Waals surface area (Å²) in [6.07, 6.45) is 2.18. The number of rotatable bonds is 3. The number of ether oxygens (including phenoxy) is 1. The Kier molecular flexibility index (Phi) is 4.43. The molecule has 0 bridgehead atoms. The molecule has 0 fully saturated rings. The van der Waals surface area contributed by atoms with Gasteiger partial charge in [-0.15, -0.1) is 0 Å². The molecule has 0 saturated carbocycles. The molecule has 1 aromatic heterocycles. The number of nitrogens with zero attached hydrogens (tertiary/aromatic N) is 2. The zero-order chi connectivity index (χ0) is 13.1. The molecule has 0 unspecified atom stereocenters. The van der Waals surface area contributed by atoms with Gasteiger partial charge in [0.15, 0.2) is 5.15 Å². The zero-order valence-corrected chi connectivity index (χ0v) is 12.6. The van der Waals surface area contributed by atoms with E-state index in [1.54, 1.807) is 12.1 Å². The minimum absolute atomic E-state index is 0.310. The van der Waals surface area contributed by atoms with E-state index in [4.69, 9.17) is 27.9 Å². The third-order valence-corrected chi connectivity index (χ3v) is 3.93. The van der Waals surface area contributed by atoms with Gasteiger partial charge in [-0.05, 0) is 46.1 Å². The fourth-order valence-corrected chi connectivity index (χ4v) is 2.06. The summed E-state index contributed by atoms with van der Waals surface area (Å²) in [5.41, 5.74) is 1.02. The van der Waals surface area contributed by atoms with E-state index in [2.05, 4.69) is 25.9 Å². The van der Waals surface area contributed by atoms with Gasteiger partial charge < -0.3 is 4.74 Å².